The predicted octanol–water partition coefficient (Wildman–Crippen LogP) is 6.32. The van der Waals surface area contributed by atoms with Crippen LogP contribution in [0.2, 0.25) is 10.0 Å². The maximum absolute atomic E-state index is 13.5. The molecule has 3 aromatic rings. The van der Waals surface area contributed by atoms with Gasteiger partial charge in [0.1, 0.15) is 5.70 Å². The van der Waals surface area contributed by atoms with Gasteiger partial charge in [-0.1, -0.05) is 47.5 Å². The summed E-state index contributed by atoms with van der Waals surface area (Å²) in [6.07, 6.45) is 0. The van der Waals surface area contributed by atoms with Gasteiger partial charge in [0.05, 0.1) is 11.3 Å². The largest absolute Gasteiger partial charge is 0.350 e. The van der Waals surface area contributed by atoms with E-state index < -0.39 is 11.8 Å². The molecule has 4 nitrogen and oxygen atoms in total. The van der Waals surface area contributed by atoms with Crippen LogP contribution in [-0.4, -0.2) is 11.8 Å². The van der Waals surface area contributed by atoms with Gasteiger partial charge >= 0.3 is 0 Å². The molecule has 31 heavy (non-hydrogen) atoms. The Hall–Kier alpha value is -3.08. The lowest BCUT2D eigenvalue weighted by Gasteiger charge is -2.18. The summed E-state index contributed by atoms with van der Waals surface area (Å²) in [5.74, 6) is -0.843. The highest BCUT2D eigenvalue weighted by molar-refractivity contribution is 6.46. The monoisotopic (exact) mass is 450 g/mol. The van der Waals surface area contributed by atoms with Crippen LogP contribution in [0.15, 0.2) is 66.4 Å². The van der Waals surface area contributed by atoms with Crippen LogP contribution in [0.4, 0.5) is 11.4 Å². The van der Waals surface area contributed by atoms with E-state index in [-0.39, 0.29) is 5.70 Å². The Morgan fingerprint density at radius 3 is 2.10 bits per heavy atom. The van der Waals surface area contributed by atoms with Crippen LogP contribution in [0.25, 0.3) is 5.57 Å². The first-order chi connectivity index (χ1) is 14.8. The van der Waals surface area contributed by atoms with Crippen molar-refractivity contribution < 1.29 is 9.59 Å². The molecular weight excluding hydrogens is 431 g/mol. The minimum absolute atomic E-state index is 0.219. The van der Waals surface area contributed by atoms with Crippen LogP contribution in [0.3, 0.4) is 0 Å². The second-order valence-electron chi connectivity index (χ2n) is 7.59. The van der Waals surface area contributed by atoms with Gasteiger partial charge in [0, 0.05) is 15.7 Å². The normalized spacial score (nSPS) is 13.9. The number of aryl methyl sites for hydroxylation is 2. The zero-order chi connectivity index (χ0) is 22.3. The maximum atomic E-state index is 13.5. The second-order valence-corrected chi connectivity index (χ2v) is 8.43. The molecule has 0 unspecified atom stereocenters. The van der Waals surface area contributed by atoms with Crippen molar-refractivity contribution in [3.05, 3.63) is 98.7 Å². The van der Waals surface area contributed by atoms with E-state index in [0.29, 0.717) is 32.4 Å². The zero-order valence-corrected chi connectivity index (χ0v) is 18.8. The number of imide groups is 1. The van der Waals surface area contributed by atoms with Gasteiger partial charge in [-0.3, -0.25) is 9.59 Å². The minimum atomic E-state index is -0.431. The molecule has 2 amide bonds. The predicted molar refractivity (Wildman–Crippen MR) is 127 cm³/mol. The summed E-state index contributed by atoms with van der Waals surface area (Å²) in [4.78, 5) is 28.2. The highest BCUT2D eigenvalue weighted by atomic mass is 35.5. The highest BCUT2D eigenvalue weighted by Gasteiger charge is 2.41. The molecule has 1 heterocycles. The molecule has 0 saturated carbocycles. The van der Waals surface area contributed by atoms with Gasteiger partial charge in [-0.05, 0) is 79.4 Å². The molecule has 6 heteroatoms. The van der Waals surface area contributed by atoms with Crippen molar-refractivity contribution in [3.63, 3.8) is 0 Å². The van der Waals surface area contributed by atoms with E-state index in [9.17, 15) is 9.59 Å². The molecule has 0 bridgehead atoms. The number of hydrogen-bond donors (Lipinski definition) is 1. The quantitative estimate of drug-likeness (QED) is 0.473. The summed E-state index contributed by atoms with van der Waals surface area (Å²) in [5, 5.41) is 4.24. The molecule has 1 aliphatic heterocycles. The van der Waals surface area contributed by atoms with E-state index in [4.69, 9.17) is 23.2 Å². The molecule has 0 aromatic heterocycles. The van der Waals surface area contributed by atoms with E-state index in [1.54, 1.807) is 49.4 Å². The first kappa shape index (κ1) is 21.2. The molecule has 3 aromatic carbocycles. The van der Waals surface area contributed by atoms with Crippen molar-refractivity contribution in [3.8, 4) is 0 Å². The van der Waals surface area contributed by atoms with Crippen LogP contribution < -0.4 is 10.2 Å². The molecule has 0 aliphatic carbocycles. The molecule has 0 spiro atoms. The van der Waals surface area contributed by atoms with Crippen molar-refractivity contribution in [1.29, 1.82) is 0 Å². The molecule has 4 rings (SSSR count). The first-order valence-electron chi connectivity index (χ1n) is 9.75. The zero-order valence-electron chi connectivity index (χ0n) is 17.3. The topological polar surface area (TPSA) is 49.4 Å². The number of hydrogen-bond acceptors (Lipinski definition) is 3. The van der Waals surface area contributed by atoms with Crippen molar-refractivity contribution in [2.75, 3.05) is 10.2 Å². The van der Waals surface area contributed by atoms with Gasteiger partial charge in [0.2, 0.25) is 0 Å². The van der Waals surface area contributed by atoms with Crippen LogP contribution in [0, 0.1) is 20.8 Å². The number of carbonyl (C=O) groups excluding carboxylic acids is 2. The standard InChI is InChI=1S/C25H20Cl2N2O2/c1-14-11-15(2)13-19(12-14)28-23-22(17-7-9-18(26)10-8-17)24(30)29(25(23)31)21-6-4-5-20(27)16(21)3/h4-13,28H,1-3H3. The average molecular weight is 451 g/mol. The molecule has 1 N–H and O–H groups in total. The van der Waals surface area contributed by atoms with Crippen molar-refractivity contribution in [2.24, 2.45) is 0 Å². The van der Waals surface area contributed by atoms with E-state index in [1.165, 1.54) is 4.90 Å². The number of benzene rings is 3. The third-order valence-electron chi connectivity index (χ3n) is 5.19. The highest BCUT2D eigenvalue weighted by Crippen LogP contribution is 2.37. The van der Waals surface area contributed by atoms with Crippen LogP contribution in [0.1, 0.15) is 22.3 Å². The van der Waals surface area contributed by atoms with E-state index in [2.05, 4.69) is 5.32 Å². The molecule has 1 aliphatic rings. The molecular formula is C25H20Cl2N2O2. The van der Waals surface area contributed by atoms with Gasteiger partial charge in [-0.2, -0.15) is 0 Å². The number of amides is 2. The molecule has 0 radical (unpaired) electrons. The van der Waals surface area contributed by atoms with Crippen molar-refractivity contribution >= 4 is 52.0 Å². The van der Waals surface area contributed by atoms with Gasteiger partial charge in [-0.25, -0.2) is 4.90 Å². The summed E-state index contributed by atoms with van der Waals surface area (Å²) in [6.45, 7) is 5.75. The first-order valence-corrected chi connectivity index (χ1v) is 10.5. The van der Waals surface area contributed by atoms with Crippen LogP contribution in [0.5, 0.6) is 0 Å². The Labute approximate surface area is 191 Å². The van der Waals surface area contributed by atoms with Gasteiger partial charge in [0.25, 0.3) is 11.8 Å². The number of rotatable bonds is 4. The minimum Gasteiger partial charge on any atom is -0.350 e. The summed E-state index contributed by atoms with van der Waals surface area (Å²) in [5.41, 5.74) is 5.09. The lowest BCUT2D eigenvalue weighted by atomic mass is 10.0. The summed E-state index contributed by atoms with van der Waals surface area (Å²) in [6, 6.07) is 18.0. The van der Waals surface area contributed by atoms with E-state index in [0.717, 1.165) is 16.8 Å². The Morgan fingerprint density at radius 1 is 0.806 bits per heavy atom. The number of nitrogens with zero attached hydrogens (tertiary/aromatic N) is 1. The van der Waals surface area contributed by atoms with Gasteiger partial charge < -0.3 is 5.32 Å². The molecule has 0 fully saturated rings. The van der Waals surface area contributed by atoms with Crippen molar-refractivity contribution in [1.82, 2.24) is 0 Å². The third kappa shape index (κ3) is 3.97. The molecule has 0 atom stereocenters. The molecule has 0 saturated heterocycles. The number of halogens is 2. The fraction of sp³-hybridized carbons (Fsp3) is 0.120. The van der Waals surface area contributed by atoms with Gasteiger partial charge in [-0.15, -0.1) is 0 Å². The van der Waals surface area contributed by atoms with Crippen LogP contribution in [-0.2, 0) is 9.59 Å². The maximum Gasteiger partial charge on any atom is 0.282 e. The Bertz CT molecular complexity index is 1230. The van der Waals surface area contributed by atoms with Gasteiger partial charge in [0.15, 0.2) is 0 Å². The van der Waals surface area contributed by atoms with E-state index in [1.807, 2.05) is 32.0 Å². The van der Waals surface area contributed by atoms with Crippen LogP contribution >= 0.6 is 23.2 Å². The summed E-state index contributed by atoms with van der Waals surface area (Å²) < 4.78 is 0. The number of anilines is 2. The lowest BCUT2D eigenvalue weighted by molar-refractivity contribution is -0.120. The fourth-order valence-electron chi connectivity index (χ4n) is 3.78. The number of nitrogens with one attached hydrogen (secondary N) is 1. The second kappa shape index (κ2) is 8.22. The van der Waals surface area contributed by atoms with Crippen molar-refractivity contribution in [2.45, 2.75) is 20.8 Å². The number of carbonyl (C=O) groups is 2. The third-order valence-corrected chi connectivity index (χ3v) is 5.85. The summed E-state index contributed by atoms with van der Waals surface area (Å²) in [7, 11) is 0. The smallest absolute Gasteiger partial charge is 0.282 e. The lowest BCUT2D eigenvalue weighted by Crippen LogP contribution is -2.33. The SMILES string of the molecule is Cc1cc(C)cc(NC2=C(c3ccc(Cl)cc3)C(=O)N(c3cccc(Cl)c3C)C2=O)c1. The Kier molecular flexibility index (Phi) is 5.61. The summed E-state index contributed by atoms with van der Waals surface area (Å²) >= 11 is 12.3. The van der Waals surface area contributed by atoms with E-state index >= 15 is 0 Å². The average Bonchev–Trinajstić information content (AvgIpc) is 2.94. The Balaban J connectivity index is 1.86. The Morgan fingerprint density at radius 2 is 1.45 bits per heavy atom. The fourth-order valence-corrected chi connectivity index (χ4v) is 4.07. The molecule has 156 valence electrons.